The number of rotatable bonds is 3. The van der Waals surface area contributed by atoms with E-state index in [-0.39, 0.29) is 13.2 Å². The molecule has 0 aromatic heterocycles. The van der Waals surface area contributed by atoms with Crippen LogP contribution in [0.25, 0.3) is 0 Å². The highest BCUT2D eigenvalue weighted by Gasteiger charge is 2.14. The van der Waals surface area contributed by atoms with E-state index >= 15 is 0 Å². The largest absolute Gasteiger partial charge is 0.507 e. The highest BCUT2D eigenvalue weighted by molar-refractivity contribution is 5.94. The summed E-state index contributed by atoms with van der Waals surface area (Å²) in [6, 6.07) is 7.51. The summed E-state index contributed by atoms with van der Waals surface area (Å²) in [5, 5.41) is 67.8. The van der Waals surface area contributed by atoms with Crippen molar-refractivity contribution >= 4 is 11.9 Å². The van der Waals surface area contributed by atoms with E-state index in [1.165, 1.54) is 36.4 Å². The van der Waals surface area contributed by atoms with E-state index in [4.69, 9.17) is 40.9 Å². The predicted molar refractivity (Wildman–Crippen MR) is 87.6 cm³/mol. The highest BCUT2D eigenvalue weighted by atomic mass is 16.4. The lowest BCUT2D eigenvalue weighted by atomic mass is 10.2. The molecule has 0 spiro atoms. The normalized spacial score (nSPS) is 9.15. The van der Waals surface area contributed by atoms with Crippen LogP contribution in [0.5, 0.6) is 23.0 Å². The molecule has 26 heavy (non-hydrogen) atoms. The smallest absolute Gasteiger partial charge is 0.343 e. The van der Waals surface area contributed by atoms with Crippen LogP contribution in [0.2, 0.25) is 0 Å². The zero-order valence-corrected chi connectivity index (χ0v) is 13.3. The second-order valence-electron chi connectivity index (χ2n) is 4.40. The third-order valence-electron chi connectivity index (χ3n) is 2.57. The fourth-order valence-corrected chi connectivity index (χ4v) is 1.49. The molecule has 0 amide bonds. The Bertz CT molecular complexity index is 638. The molecule has 142 valence electrons. The molecule has 0 fully saturated rings. The maximum Gasteiger partial charge on any atom is 0.343 e. The molecule has 0 atom stereocenters. The van der Waals surface area contributed by atoms with Crippen molar-refractivity contribution < 1.29 is 50.4 Å². The SMILES string of the molecule is O=C(O)c1c(O)cccc1O.O=C(O)c1c(O)cccc1O.OCCO. The Hall–Kier alpha value is -3.50. The number of carboxylic acids is 2. The fourth-order valence-electron chi connectivity index (χ4n) is 1.49. The van der Waals surface area contributed by atoms with Crippen LogP contribution in [-0.4, -0.2) is 66.0 Å². The lowest BCUT2D eigenvalue weighted by molar-refractivity contribution is 0.0678. The quantitative estimate of drug-likeness (QED) is 0.378. The monoisotopic (exact) mass is 370 g/mol. The van der Waals surface area contributed by atoms with Gasteiger partial charge in [0, 0.05) is 0 Å². The number of benzene rings is 2. The molecule has 0 saturated carbocycles. The van der Waals surface area contributed by atoms with Crippen molar-refractivity contribution in [3.05, 3.63) is 47.5 Å². The number of aliphatic hydroxyl groups is 2. The summed E-state index contributed by atoms with van der Waals surface area (Å²) in [6.07, 6.45) is 0. The number of carboxylic acid groups (broad SMARTS) is 2. The molecule has 2 aromatic rings. The van der Waals surface area contributed by atoms with Crippen LogP contribution in [0.15, 0.2) is 36.4 Å². The standard InChI is InChI=1S/2C7H6O4.C2H6O2/c2*8-4-2-1-3-5(9)6(4)7(10)11;3-1-2-4/h2*1-3,8-9H,(H,10,11);3-4H,1-2H2. The van der Waals surface area contributed by atoms with Gasteiger partial charge >= 0.3 is 11.9 Å². The first kappa shape index (κ1) is 22.5. The summed E-state index contributed by atoms with van der Waals surface area (Å²) in [4.78, 5) is 20.6. The number of hydrogen-bond acceptors (Lipinski definition) is 8. The third kappa shape index (κ3) is 6.95. The minimum absolute atomic E-state index is 0.125. The number of phenols is 4. The Balaban J connectivity index is 0.000000401. The van der Waals surface area contributed by atoms with Crippen LogP contribution in [0.3, 0.4) is 0 Å². The Kier molecular flexibility index (Phi) is 9.63. The molecule has 2 aromatic carbocycles. The van der Waals surface area contributed by atoms with Crippen LogP contribution in [0, 0.1) is 0 Å². The van der Waals surface area contributed by atoms with Gasteiger partial charge in [-0.25, -0.2) is 9.59 Å². The summed E-state index contributed by atoms with van der Waals surface area (Å²) in [7, 11) is 0. The van der Waals surface area contributed by atoms with Crippen molar-refractivity contribution in [3.8, 4) is 23.0 Å². The van der Waals surface area contributed by atoms with Gasteiger partial charge in [-0.2, -0.15) is 0 Å². The first-order valence-electron chi connectivity index (χ1n) is 6.87. The molecular formula is C16H18O10. The van der Waals surface area contributed by atoms with E-state index in [1.807, 2.05) is 0 Å². The number of aromatic hydroxyl groups is 4. The van der Waals surface area contributed by atoms with E-state index in [2.05, 4.69) is 0 Å². The van der Waals surface area contributed by atoms with Crippen LogP contribution in [0.1, 0.15) is 20.7 Å². The highest BCUT2D eigenvalue weighted by Crippen LogP contribution is 2.26. The van der Waals surface area contributed by atoms with Crippen LogP contribution in [-0.2, 0) is 0 Å². The predicted octanol–water partition coefficient (Wildman–Crippen LogP) is 0.563. The number of aromatic carboxylic acids is 2. The molecule has 2 rings (SSSR count). The van der Waals surface area contributed by atoms with Gasteiger partial charge in [0.15, 0.2) is 0 Å². The zero-order valence-electron chi connectivity index (χ0n) is 13.3. The minimum atomic E-state index is -1.35. The number of aliphatic hydroxyl groups excluding tert-OH is 2. The van der Waals surface area contributed by atoms with Gasteiger partial charge < -0.3 is 40.9 Å². The van der Waals surface area contributed by atoms with Gasteiger partial charge in [0.05, 0.1) is 13.2 Å². The van der Waals surface area contributed by atoms with E-state index in [1.54, 1.807) is 0 Å². The van der Waals surface area contributed by atoms with E-state index < -0.39 is 46.1 Å². The molecule has 0 saturated heterocycles. The summed E-state index contributed by atoms with van der Waals surface area (Å²) in [5.41, 5.74) is -0.931. The first-order valence-corrected chi connectivity index (χ1v) is 6.87. The van der Waals surface area contributed by atoms with Crippen molar-refractivity contribution in [2.75, 3.05) is 13.2 Å². The van der Waals surface area contributed by atoms with Crippen molar-refractivity contribution in [1.29, 1.82) is 0 Å². The molecule has 8 N–H and O–H groups in total. The van der Waals surface area contributed by atoms with Crippen molar-refractivity contribution in [1.82, 2.24) is 0 Å². The molecule has 10 heteroatoms. The molecule has 0 unspecified atom stereocenters. The van der Waals surface area contributed by atoms with Gasteiger partial charge in [-0.1, -0.05) is 12.1 Å². The fraction of sp³-hybridized carbons (Fsp3) is 0.125. The van der Waals surface area contributed by atoms with Crippen LogP contribution < -0.4 is 0 Å². The van der Waals surface area contributed by atoms with E-state index in [0.29, 0.717) is 0 Å². The molecule has 0 aliphatic rings. The molecule has 0 bridgehead atoms. The second kappa shape index (κ2) is 11.1. The van der Waals surface area contributed by atoms with Crippen LogP contribution >= 0.6 is 0 Å². The van der Waals surface area contributed by atoms with Crippen molar-refractivity contribution in [3.63, 3.8) is 0 Å². The van der Waals surface area contributed by atoms with Gasteiger partial charge in [0.1, 0.15) is 34.1 Å². The third-order valence-corrected chi connectivity index (χ3v) is 2.57. The summed E-state index contributed by atoms with van der Waals surface area (Å²) in [5.74, 6) is -4.42. The Morgan fingerprint density at radius 3 is 0.962 bits per heavy atom. The minimum Gasteiger partial charge on any atom is -0.507 e. The molecule has 10 nitrogen and oxygen atoms in total. The Morgan fingerprint density at radius 1 is 0.615 bits per heavy atom. The zero-order chi connectivity index (χ0) is 20.3. The topological polar surface area (TPSA) is 196 Å². The van der Waals surface area contributed by atoms with Crippen molar-refractivity contribution in [2.45, 2.75) is 0 Å². The molecule has 0 heterocycles. The van der Waals surface area contributed by atoms with Gasteiger partial charge in [0.2, 0.25) is 0 Å². The molecular weight excluding hydrogens is 352 g/mol. The lowest BCUT2D eigenvalue weighted by Gasteiger charge is -1.99. The first-order chi connectivity index (χ1) is 12.2. The van der Waals surface area contributed by atoms with Gasteiger partial charge in [0.25, 0.3) is 0 Å². The summed E-state index contributed by atoms with van der Waals surface area (Å²) >= 11 is 0. The number of hydrogen-bond donors (Lipinski definition) is 8. The lowest BCUT2D eigenvalue weighted by Crippen LogP contribution is -1.96. The van der Waals surface area contributed by atoms with Gasteiger partial charge in [-0.15, -0.1) is 0 Å². The average Bonchev–Trinajstić information content (AvgIpc) is 2.54. The van der Waals surface area contributed by atoms with E-state index in [9.17, 15) is 9.59 Å². The Morgan fingerprint density at radius 2 is 0.846 bits per heavy atom. The van der Waals surface area contributed by atoms with Crippen molar-refractivity contribution in [2.24, 2.45) is 0 Å². The molecule has 0 aliphatic carbocycles. The van der Waals surface area contributed by atoms with Crippen LogP contribution in [0.4, 0.5) is 0 Å². The Labute approximate surface area is 147 Å². The average molecular weight is 370 g/mol. The molecule has 0 aliphatic heterocycles. The maximum absolute atomic E-state index is 10.3. The van der Waals surface area contributed by atoms with Gasteiger partial charge in [-0.05, 0) is 24.3 Å². The number of carbonyl (C=O) groups is 2. The maximum atomic E-state index is 10.3. The summed E-state index contributed by atoms with van der Waals surface area (Å²) < 4.78 is 0. The summed E-state index contributed by atoms with van der Waals surface area (Å²) in [6.45, 7) is -0.250. The second-order valence-corrected chi connectivity index (χ2v) is 4.40. The van der Waals surface area contributed by atoms with E-state index in [0.717, 1.165) is 0 Å². The van der Waals surface area contributed by atoms with Gasteiger partial charge in [-0.3, -0.25) is 0 Å². The molecule has 0 radical (unpaired) electrons.